The van der Waals surface area contributed by atoms with Gasteiger partial charge in [0.2, 0.25) is 4.80 Å². The molecular formula is C18H15N3O4S. The zero-order valence-electron chi connectivity index (χ0n) is 13.5. The summed E-state index contributed by atoms with van der Waals surface area (Å²) in [4.78, 5) is 22.7. The van der Waals surface area contributed by atoms with Gasteiger partial charge >= 0.3 is 5.97 Å². The quantitative estimate of drug-likeness (QED) is 0.515. The van der Waals surface area contributed by atoms with E-state index in [9.17, 15) is 9.59 Å². The van der Waals surface area contributed by atoms with Gasteiger partial charge in [-0.1, -0.05) is 30.3 Å². The summed E-state index contributed by atoms with van der Waals surface area (Å²) in [5, 5.41) is 14.6. The van der Waals surface area contributed by atoms with Gasteiger partial charge in [-0.25, -0.2) is 10.2 Å². The number of aliphatic carboxylic acids is 1. The van der Waals surface area contributed by atoms with Crippen molar-refractivity contribution < 1.29 is 19.1 Å². The number of carbonyl (C=O) groups is 2. The summed E-state index contributed by atoms with van der Waals surface area (Å²) >= 11 is 1.36. The summed E-state index contributed by atoms with van der Waals surface area (Å²) in [6.07, 6.45) is 3.26. The fraction of sp³-hybridized carbons (Fsp3) is 0.0556. The number of nitrogens with one attached hydrogen (secondary N) is 1. The molecule has 0 aliphatic carbocycles. The molecule has 0 radical (unpaired) electrons. The molecule has 0 aliphatic rings. The topological polar surface area (TPSA) is 96.8 Å². The fourth-order valence-corrected chi connectivity index (χ4v) is 3.13. The van der Waals surface area contributed by atoms with Gasteiger partial charge in [-0.3, -0.25) is 4.79 Å². The summed E-state index contributed by atoms with van der Waals surface area (Å²) < 4.78 is 7.34. The number of rotatable bonds is 6. The summed E-state index contributed by atoms with van der Waals surface area (Å²) in [5.41, 5.74) is 4.27. The summed E-state index contributed by atoms with van der Waals surface area (Å²) in [7, 11) is 0. The molecular weight excluding hydrogens is 354 g/mol. The molecule has 0 bridgehead atoms. The van der Waals surface area contributed by atoms with E-state index in [4.69, 9.17) is 9.52 Å². The number of aromatic nitrogens is 1. The van der Waals surface area contributed by atoms with Crippen molar-refractivity contribution in [2.45, 2.75) is 6.54 Å². The molecule has 0 saturated carbocycles. The molecule has 2 heterocycles. The summed E-state index contributed by atoms with van der Waals surface area (Å²) in [6.45, 7) is 0.445. The van der Waals surface area contributed by atoms with Crippen LogP contribution >= 0.6 is 11.3 Å². The van der Waals surface area contributed by atoms with E-state index >= 15 is 0 Å². The van der Waals surface area contributed by atoms with E-state index in [1.807, 2.05) is 46.3 Å². The predicted molar refractivity (Wildman–Crippen MR) is 96.0 cm³/mol. The van der Waals surface area contributed by atoms with Crippen molar-refractivity contribution in [2.75, 3.05) is 0 Å². The molecule has 26 heavy (non-hydrogen) atoms. The van der Waals surface area contributed by atoms with Crippen LogP contribution in [0.2, 0.25) is 0 Å². The fourth-order valence-electron chi connectivity index (χ4n) is 2.26. The maximum absolute atomic E-state index is 11.6. The Labute approximate surface area is 152 Å². The molecule has 0 fully saturated rings. The van der Waals surface area contributed by atoms with Crippen LogP contribution in [-0.2, 0) is 16.1 Å². The highest BCUT2D eigenvalue weighted by Crippen LogP contribution is 2.20. The van der Waals surface area contributed by atoms with Gasteiger partial charge in [-0.15, -0.1) is 16.4 Å². The molecule has 1 amide bonds. The van der Waals surface area contributed by atoms with Gasteiger partial charge in [0.05, 0.1) is 18.5 Å². The molecule has 0 spiro atoms. The van der Waals surface area contributed by atoms with Crippen LogP contribution in [0.15, 0.2) is 75.8 Å². The molecule has 2 N–H and O–H groups in total. The van der Waals surface area contributed by atoms with Crippen molar-refractivity contribution in [3.05, 3.63) is 76.8 Å². The Balaban J connectivity index is 1.94. The molecule has 0 atom stereocenters. The van der Waals surface area contributed by atoms with Crippen molar-refractivity contribution in [1.82, 2.24) is 9.99 Å². The smallest absolute Gasteiger partial charge is 0.328 e. The Morgan fingerprint density at radius 1 is 1.19 bits per heavy atom. The Morgan fingerprint density at radius 3 is 2.69 bits per heavy atom. The minimum absolute atomic E-state index is 0.445. The van der Waals surface area contributed by atoms with Crippen LogP contribution in [0.5, 0.6) is 0 Å². The molecule has 0 saturated heterocycles. The Hall–Kier alpha value is -3.39. The number of nitrogens with zero attached hydrogens (tertiary/aromatic N) is 2. The first kappa shape index (κ1) is 17.4. The van der Waals surface area contributed by atoms with Crippen LogP contribution in [0.3, 0.4) is 0 Å². The van der Waals surface area contributed by atoms with E-state index in [0.717, 1.165) is 29.2 Å². The van der Waals surface area contributed by atoms with Crippen LogP contribution in [-0.4, -0.2) is 21.6 Å². The van der Waals surface area contributed by atoms with Gasteiger partial charge < -0.3 is 14.1 Å². The van der Waals surface area contributed by atoms with Crippen molar-refractivity contribution >= 4 is 23.2 Å². The number of benzene rings is 1. The zero-order valence-corrected chi connectivity index (χ0v) is 14.3. The Bertz CT molecular complexity index is 985. The largest absolute Gasteiger partial charge is 0.478 e. The third-order valence-electron chi connectivity index (χ3n) is 3.40. The summed E-state index contributed by atoms with van der Waals surface area (Å²) in [6, 6.07) is 13.5. The highest BCUT2D eigenvalue weighted by Gasteiger charge is 2.10. The average Bonchev–Trinajstić information content (AvgIpc) is 3.29. The van der Waals surface area contributed by atoms with Crippen molar-refractivity contribution in [3.8, 4) is 11.3 Å². The monoisotopic (exact) mass is 369 g/mol. The molecule has 8 heteroatoms. The van der Waals surface area contributed by atoms with E-state index in [0.29, 0.717) is 11.3 Å². The van der Waals surface area contributed by atoms with E-state index in [2.05, 4.69) is 10.5 Å². The van der Waals surface area contributed by atoms with Gasteiger partial charge in [-0.05, 0) is 17.7 Å². The molecule has 3 aromatic rings. The molecule has 0 aliphatic heterocycles. The number of hydrogen-bond donors (Lipinski definition) is 2. The van der Waals surface area contributed by atoms with Crippen molar-refractivity contribution in [1.29, 1.82) is 0 Å². The number of carbonyl (C=O) groups excluding carboxylic acids is 1. The van der Waals surface area contributed by atoms with Crippen LogP contribution in [0.1, 0.15) is 5.76 Å². The minimum atomic E-state index is -1.20. The number of carboxylic acids is 1. The first-order chi connectivity index (χ1) is 12.6. The number of thiazole rings is 1. The molecule has 132 valence electrons. The lowest BCUT2D eigenvalue weighted by Crippen LogP contribution is -2.24. The predicted octanol–water partition coefficient (Wildman–Crippen LogP) is 2.43. The first-order valence-corrected chi connectivity index (χ1v) is 8.52. The normalized spacial score (nSPS) is 11.8. The summed E-state index contributed by atoms with van der Waals surface area (Å²) in [5.74, 6) is -1.07. The Kier molecular flexibility index (Phi) is 5.45. The van der Waals surface area contributed by atoms with Gasteiger partial charge in [0, 0.05) is 17.5 Å². The van der Waals surface area contributed by atoms with E-state index in [-0.39, 0.29) is 0 Å². The lowest BCUT2D eigenvalue weighted by Gasteiger charge is -2.07. The lowest BCUT2D eigenvalue weighted by atomic mass is 10.2. The highest BCUT2D eigenvalue weighted by molar-refractivity contribution is 7.07. The van der Waals surface area contributed by atoms with Gasteiger partial charge in [0.1, 0.15) is 5.76 Å². The van der Waals surface area contributed by atoms with E-state index in [1.165, 1.54) is 11.3 Å². The van der Waals surface area contributed by atoms with Crippen LogP contribution in [0.25, 0.3) is 11.3 Å². The van der Waals surface area contributed by atoms with Crippen molar-refractivity contribution in [3.63, 3.8) is 0 Å². The second-order valence-electron chi connectivity index (χ2n) is 5.19. The van der Waals surface area contributed by atoms with Gasteiger partial charge in [0.25, 0.3) is 5.91 Å². The van der Waals surface area contributed by atoms with Crippen molar-refractivity contribution in [2.24, 2.45) is 5.10 Å². The third kappa shape index (κ3) is 4.37. The van der Waals surface area contributed by atoms with Gasteiger partial charge in [-0.2, -0.15) is 0 Å². The SMILES string of the molecule is O=C(O)/C=C\C(=O)N/N=c1/scc(-c2ccccc2)n1Cc1ccco1. The lowest BCUT2D eigenvalue weighted by molar-refractivity contribution is -0.131. The second kappa shape index (κ2) is 8.13. The number of carboxylic acid groups (broad SMARTS) is 1. The molecule has 2 aromatic heterocycles. The van der Waals surface area contributed by atoms with Crippen LogP contribution in [0, 0.1) is 0 Å². The molecule has 1 aromatic carbocycles. The number of furan rings is 1. The molecule has 7 nitrogen and oxygen atoms in total. The van der Waals surface area contributed by atoms with E-state index < -0.39 is 11.9 Å². The molecule has 3 rings (SSSR count). The minimum Gasteiger partial charge on any atom is -0.478 e. The maximum Gasteiger partial charge on any atom is 0.328 e. The highest BCUT2D eigenvalue weighted by atomic mass is 32.1. The average molecular weight is 369 g/mol. The van der Waals surface area contributed by atoms with Crippen LogP contribution in [0.4, 0.5) is 0 Å². The maximum atomic E-state index is 11.6. The Morgan fingerprint density at radius 2 is 2.00 bits per heavy atom. The first-order valence-electron chi connectivity index (χ1n) is 7.64. The molecule has 0 unspecified atom stereocenters. The standard InChI is InChI=1S/C18H15N3O4S/c22-16(8-9-17(23)24)19-20-18-21(11-14-7-4-10-25-14)15(12-26-18)13-5-2-1-3-6-13/h1-10,12H,11H2,(H,19,22)(H,23,24)/b9-8-,20-18+. The number of amides is 1. The van der Waals surface area contributed by atoms with Gasteiger partial charge in [0.15, 0.2) is 0 Å². The number of hydrogen-bond acceptors (Lipinski definition) is 5. The van der Waals surface area contributed by atoms with Crippen LogP contribution < -0.4 is 10.2 Å². The third-order valence-corrected chi connectivity index (χ3v) is 4.26. The second-order valence-corrected chi connectivity index (χ2v) is 6.03. The van der Waals surface area contributed by atoms with E-state index in [1.54, 1.807) is 12.3 Å². The zero-order chi connectivity index (χ0) is 18.4.